The third kappa shape index (κ3) is 2.74. The van der Waals surface area contributed by atoms with Crippen LogP contribution in [0.5, 0.6) is 0 Å². The average molecular weight is 288 g/mol. The van der Waals surface area contributed by atoms with E-state index in [1.54, 1.807) is 0 Å². The minimum Gasteiger partial charge on any atom is -0.308 e. The van der Waals surface area contributed by atoms with Gasteiger partial charge >= 0.3 is 15.5 Å². The summed E-state index contributed by atoms with van der Waals surface area (Å²) in [6.07, 6.45) is 0. The molecule has 0 aliphatic carbocycles. The van der Waals surface area contributed by atoms with Gasteiger partial charge in [0.25, 0.3) is 11.8 Å². The number of carbonyl (C=O) groups excluding carboxylic acids is 2. The molecule has 98 valence electrons. The number of amides is 2. The first-order chi connectivity index (χ1) is 7.46. The van der Waals surface area contributed by atoms with Crippen LogP contribution in [-0.4, -0.2) is 53.3 Å². The van der Waals surface area contributed by atoms with Gasteiger partial charge < -0.3 is 19.6 Å². The number of hydrogen-bond acceptors (Lipinski definition) is 4. The van der Waals surface area contributed by atoms with Gasteiger partial charge in [0.2, 0.25) is 0 Å². The molecule has 2 amide bonds. The Kier molecular flexibility index (Phi) is 3.50. The highest BCUT2D eigenvalue weighted by molar-refractivity contribution is 7.51. The molecule has 10 nitrogen and oxygen atoms in total. The lowest BCUT2D eigenvalue weighted by molar-refractivity contribution is -0.147. The largest absolute Gasteiger partial charge is 0.433 e. The second kappa shape index (κ2) is 4.16. The van der Waals surface area contributed by atoms with Crippen LogP contribution in [0.1, 0.15) is 6.92 Å². The summed E-state index contributed by atoms with van der Waals surface area (Å²) >= 11 is 0. The number of piperazine rings is 1. The van der Waals surface area contributed by atoms with Crippen LogP contribution in [0.3, 0.4) is 0 Å². The van der Waals surface area contributed by atoms with Crippen molar-refractivity contribution < 1.29 is 38.3 Å². The monoisotopic (exact) mass is 288 g/mol. The molecule has 1 rings (SSSR count). The molecule has 0 bridgehead atoms. The van der Waals surface area contributed by atoms with Crippen molar-refractivity contribution in [3.8, 4) is 0 Å². The van der Waals surface area contributed by atoms with Crippen LogP contribution in [0, 0.1) is 0 Å². The third-order valence-electron chi connectivity index (χ3n) is 2.11. The predicted molar refractivity (Wildman–Crippen MR) is 52.1 cm³/mol. The first kappa shape index (κ1) is 14.3. The first-order valence-corrected chi connectivity index (χ1v) is 7.34. The summed E-state index contributed by atoms with van der Waals surface area (Å²) < 4.78 is 21.8. The normalized spacial score (nSPS) is 23.2. The van der Waals surface area contributed by atoms with Crippen LogP contribution in [0.15, 0.2) is 0 Å². The van der Waals surface area contributed by atoms with Gasteiger partial charge in [-0.1, -0.05) is 0 Å². The summed E-state index contributed by atoms with van der Waals surface area (Å²) in [6.45, 7) is -0.0975. The number of hydrogen-bond donors (Lipinski definition) is 4. The van der Waals surface area contributed by atoms with Gasteiger partial charge in [0, 0.05) is 0 Å². The standard InChI is InChI=1S/C5H10N2O8P2/c1-3-5(9)6(16(10,11)12)2-4(8)7(3)17(13,14)15/h3H,2H2,1H3,(H2,10,11,12)(H2,13,14,15). The van der Waals surface area contributed by atoms with Crippen molar-refractivity contribution >= 4 is 27.3 Å². The van der Waals surface area contributed by atoms with Gasteiger partial charge in [-0.2, -0.15) is 0 Å². The van der Waals surface area contributed by atoms with Crippen molar-refractivity contribution in [3.05, 3.63) is 0 Å². The molecular formula is C5H10N2O8P2. The maximum atomic E-state index is 11.5. The highest BCUT2D eigenvalue weighted by atomic mass is 31.2. The van der Waals surface area contributed by atoms with Gasteiger partial charge in [-0.25, -0.2) is 18.5 Å². The molecule has 0 aromatic heterocycles. The highest BCUT2D eigenvalue weighted by Gasteiger charge is 2.49. The molecule has 0 spiro atoms. The van der Waals surface area contributed by atoms with Crippen molar-refractivity contribution in [1.82, 2.24) is 9.34 Å². The third-order valence-corrected chi connectivity index (χ3v) is 4.21. The van der Waals surface area contributed by atoms with Gasteiger partial charge in [0.15, 0.2) is 0 Å². The van der Waals surface area contributed by atoms with Gasteiger partial charge in [0.05, 0.1) is 0 Å². The van der Waals surface area contributed by atoms with Crippen LogP contribution in [0.2, 0.25) is 0 Å². The summed E-state index contributed by atoms with van der Waals surface area (Å²) in [6, 6.07) is -1.63. The number of rotatable bonds is 2. The Morgan fingerprint density at radius 3 is 1.94 bits per heavy atom. The minimum atomic E-state index is -4.99. The van der Waals surface area contributed by atoms with E-state index in [-0.39, 0.29) is 9.34 Å². The summed E-state index contributed by atoms with van der Waals surface area (Å²) in [5.41, 5.74) is 0. The van der Waals surface area contributed by atoms with E-state index >= 15 is 0 Å². The fourth-order valence-electron chi connectivity index (χ4n) is 1.41. The van der Waals surface area contributed by atoms with E-state index in [9.17, 15) is 18.7 Å². The van der Waals surface area contributed by atoms with E-state index in [0.717, 1.165) is 6.92 Å². The van der Waals surface area contributed by atoms with E-state index in [0.29, 0.717) is 0 Å². The average Bonchev–Trinajstić information content (AvgIpc) is 2.07. The van der Waals surface area contributed by atoms with Crippen LogP contribution < -0.4 is 0 Å². The Bertz CT molecular complexity index is 451. The molecule has 4 N–H and O–H groups in total. The van der Waals surface area contributed by atoms with Crippen molar-refractivity contribution in [2.45, 2.75) is 13.0 Å². The zero-order valence-corrected chi connectivity index (χ0v) is 10.3. The molecule has 0 radical (unpaired) electrons. The predicted octanol–water partition coefficient (Wildman–Crippen LogP) is -1.77. The molecule has 12 heteroatoms. The summed E-state index contributed by atoms with van der Waals surface area (Å²) in [5.74, 6) is -2.45. The Hall–Kier alpha value is -0.760. The maximum Gasteiger partial charge on any atom is 0.433 e. The Labute approximate surface area is 95.3 Å². The zero-order valence-electron chi connectivity index (χ0n) is 8.50. The molecule has 1 fully saturated rings. The molecular weight excluding hydrogens is 278 g/mol. The molecule has 0 aromatic rings. The SMILES string of the molecule is CC1C(=O)N(P(=O)(O)O)CC(=O)N1P(=O)(O)O. The van der Waals surface area contributed by atoms with Crippen LogP contribution in [0.4, 0.5) is 0 Å². The van der Waals surface area contributed by atoms with Crippen LogP contribution >= 0.6 is 15.5 Å². The lowest BCUT2D eigenvalue weighted by Crippen LogP contribution is -2.55. The van der Waals surface area contributed by atoms with Crippen molar-refractivity contribution in [2.75, 3.05) is 6.54 Å². The van der Waals surface area contributed by atoms with E-state index < -0.39 is 39.9 Å². The summed E-state index contributed by atoms with van der Waals surface area (Å²) in [7, 11) is -9.95. The van der Waals surface area contributed by atoms with Crippen molar-refractivity contribution in [3.63, 3.8) is 0 Å². The van der Waals surface area contributed by atoms with Gasteiger partial charge in [0.1, 0.15) is 12.6 Å². The minimum absolute atomic E-state index is 0.00778. The fraction of sp³-hybridized carbons (Fsp3) is 0.600. The Balaban J connectivity index is 3.13. The van der Waals surface area contributed by atoms with Gasteiger partial charge in [-0.3, -0.25) is 9.59 Å². The van der Waals surface area contributed by atoms with E-state index in [4.69, 9.17) is 19.6 Å². The van der Waals surface area contributed by atoms with E-state index in [1.165, 1.54) is 0 Å². The zero-order chi connectivity index (χ0) is 13.6. The Morgan fingerprint density at radius 2 is 1.59 bits per heavy atom. The molecule has 1 aliphatic heterocycles. The molecule has 1 aliphatic rings. The van der Waals surface area contributed by atoms with Crippen LogP contribution in [-0.2, 0) is 18.7 Å². The smallest absolute Gasteiger partial charge is 0.308 e. The molecule has 1 heterocycles. The summed E-state index contributed by atoms with van der Waals surface area (Å²) in [4.78, 5) is 58.1. The van der Waals surface area contributed by atoms with E-state index in [2.05, 4.69) is 0 Å². The molecule has 1 atom stereocenters. The van der Waals surface area contributed by atoms with Crippen molar-refractivity contribution in [2.24, 2.45) is 0 Å². The molecule has 0 aromatic carbocycles. The van der Waals surface area contributed by atoms with Crippen LogP contribution in [0.25, 0.3) is 0 Å². The number of nitrogens with zero attached hydrogens (tertiary/aromatic N) is 2. The lowest BCUT2D eigenvalue weighted by atomic mass is 10.2. The van der Waals surface area contributed by atoms with Gasteiger partial charge in [-0.15, -0.1) is 0 Å². The molecule has 0 saturated carbocycles. The Morgan fingerprint density at radius 1 is 1.12 bits per heavy atom. The van der Waals surface area contributed by atoms with Gasteiger partial charge in [-0.05, 0) is 6.92 Å². The highest BCUT2D eigenvalue weighted by Crippen LogP contribution is 2.48. The first-order valence-electron chi connectivity index (χ1n) is 4.21. The van der Waals surface area contributed by atoms with Crippen molar-refractivity contribution in [1.29, 1.82) is 0 Å². The lowest BCUT2D eigenvalue weighted by Gasteiger charge is -2.37. The quantitative estimate of drug-likeness (QED) is 0.435. The second-order valence-corrected chi connectivity index (χ2v) is 6.30. The fourth-order valence-corrected chi connectivity index (χ4v) is 3.04. The number of carbonyl (C=O) groups is 2. The maximum absolute atomic E-state index is 11.5. The summed E-state index contributed by atoms with van der Waals surface area (Å²) in [5, 5.41) is 0. The second-order valence-electron chi connectivity index (χ2n) is 3.34. The topological polar surface area (TPSA) is 156 Å². The molecule has 17 heavy (non-hydrogen) atoms. The molecule has 1 saturated heterocycles. The molecule has 1 unspecified atom stereocenters. The van der Waals surface area contributed by atoms with E-state index in [1.807, 2.05) is 0 Å².